The first-order valence-electron chi connectivity index (χ1n) is 11.8. The summed E-state index contributed by atoms with van der Waals surface area (Å²) in [6, 6.07) is 38.6. The van der Waals surface area contributed by atoms with Gasteiger partial charge in [0.15, 0.2) is 0 Å². The first-order chi connectivity index (χ1) is 17.4. The third-order valence-corrected chi connectivity index (χ3v) is 4.83. The third kappa shape index (κ3) is 6.56. The maximum absolute atomic E-state index is 8.80. The van der Waals surface area contributed by atoms with Crippen molar-refractivity contribution in [3.05, 3.63) is 133 Å². The zero-order valence-corrected chi connectivity index (χ0v) is 20.5. The van der Waals surface area contributed by atoms with Crippen molar-refractivity contribution >= 4 is 0 Å². The summed E-state index contributed by atoms with van der Waals surface area (Å²) in [6.45, 7) is -2.15. The van der Waals surface area contributed by atoms with E-state index in [0.29, 0.717) is 16.8 Å². The Balaban J connectivity index is 0.000000200. The average molecular weight is 619 g/mol. The van der Waals surface area contributed by atoms with Gasteiger partial charge in [-0.15, -0.1) is 65.7 Å². The molecule has 4 heteroatoms. The number of aromatic nitrogens is 2. The van der Waals surface area contributed by atoms with E-state index in [2.05, 4.69) is 40.3 Å². The Labute approximate surface area is 218 Å². The Kier molecular flexibility index (Phi) is 7.53. The molecule has 0 unspecified atom stereocenters. The Morgan fingerprint density at radius 1 is 0.735 bits per heavy atom. The maximum atomic E-state index is 8.80. The number of rotatable bonds is 3. The van der Waals surface area contributed by atoms with Gasteiger partial charge in [-0.3, -0.25) is 0 Å². The monoisotopic (exact) mass is 619 g/mol. The van der Waals surface area contributed by atoms with Crippen LogP contribution in [-0.4, -0.2) is 9.97 Å². The normalized spacial score (nSPS) is 11.3. The molecule has 5 rings (SSSR count). The molecule has 34 heavy (non-hydrogen) atoms. The summed E-state index contributed by atoms with van der Waals surface area (Å²) in [4.78, 5) is 8.58. The molecule has 0 aliphatic heterocycles. The molecular formula is C30H21IrN3-2. The van der Waals surface area contributed by atoms with Crippen molar-refractivity contribution in [3.8, 4) is 39.7 Å². The molecule has 3 aromatic carbocycles. The summed E-state index contributed by atoms with van der Waals surface area (Å²) in [7, 11) is 0. The Bertz CT molecular complexity index is 1390. The van der Waals surface area contributed by atoms with E-state index in [9.17, 15) is 0 Å². The molecule has 0 fully saturated rings. The average Bonchev–Trinajstić information content (AvgIpc) is 2.94. The third-order valence-electron chi connectivity index (χ3n) is 4.83. The minimum absolute atomic E-state index is 0. The minimum Gasteiger partial charge on any atom is -0.304 e. The molecule has 3 nitrogen and oxygen atoms in total. The van der Waals surface area contributed by atoms with Crippen molar-refractivity contribution in [3.63, 3.8) is 0 Å². The van der Waals surface area contributed by atoms with E-state index in [4.69, 9.17) is 9.37 Å². The van der Waals surface area contributed by atoms with Gasteiger partial charge in [0.25, 0.3) is 0 Å². The molecule has 2 heterocycles. The number of hydrogen-bond acceptors (Lipinski definition) is 3. The number of hydrogen-bond donors (Lipinski definition) is 0. The number of nitrogens with zero attached hydrogens (tertiary/aromatic N) is 3. The standard InChI is InChI=1S/C17H12N.C13H9N2.Ir/c1-3-7-14(8-4-1)16-11-12-17(18-13-16)15-9-5-2-6-10-15;1-10-5-6-13(15-9-10)12-4-2-3-11(7-12)8-14;/h1-9,11-13H;2-3,5-7,9H,1H3;/q2*-1;/i;1D3;. The van der Waals surface area contributed by atoms with Crippen molar-refractivity contribution in [1.29, 1.82) is 5.26 Å². The van der Waals surface area contributed by atoms with Gasteiger partial charge in [0.2, 0.25) is 0 Å². The minimum atomic E-state index is -2.15. The van der Waals surface area contributed by atoms with Gasteiger partial charge in [0.05, 0.1) is 6.07 Å². The molecule has 0 atom stereocenters. The van der Waals surface area contributed by atoms with E-state index in [1.807, 2.05) is 60.8 Å². The van der Waals surface area contributed by atoms with Crippen LogP contribution in [0.1, 0.15) is 15.2 Å². The quantitative estimate of drug-likeness (QED) is 0.206. The second-order valence-corrected chi connectivity index (χ2v) is 7.11. The largest absolute Gasteiger partial charge is 0.304 e. The predicted octanol–water partition coefficient (Wildman–Crippen LogP) is 6.94. The summed E-state index contributed by atoms with van der Waals surface area (Å²) in [5.74, 6) is 0. The molecule has 1 radical (unpaired) electrons. The maximum Gasteiger partial charge on any atom is 0.0789 e. The van der Waals surface area contributed by atoms with Crippen LogP contribution in [0.5, 0.6) is 0 Å². The van der Waals surface area contributed by atoms with Crippen LogP contribution in [0, 0.1) is 30.3 Å². The first-order valence-corrected chi connectivity index (χ1v) is 10.3. The van der Waals surface area contributed by atoms with Crippen LogP contribution < -0.4 is 0 Å². The van der Waals surface area contributed by atoms with Crippen LogP contribution in [-0.2, 0) is 20.1 Å². The van der Waals surface area contributed by atoms with Crippen molar-refractivity contribution in [1.82, 2.24) is 9.97 Å². The van der Waals surface area contributed by atoms with Gasteiger partial charge in [-0.1, -0.05) is 54.6 Å². The summed E-state index contributed by atoms with van der Waals surface area (Å²) >= 11 is 0. The molecule has 167 valence electrons. The summed E-state index contributed by atoms with van der Waals surface area (Å²) in [6.07, 6.45) is 3.24. The van der Waals surface area contributed by atoms with Gasteiger partial charge in [-0.2, -0.15) is 5.26 Å². The van der Waals surface area contributed by atoms with Crippen LogP contribution in [0.2, 0.25) is 0 Å². The fraction of sp³-hybridized carbons (Fsp3) is 0.0333. The molecule has 0 spiro atoms. The van der Waals surface area contributed by atoms with Crippen LogP contribution in [0.4, 0.5) is 0 Å². The molecule has 0 bridgehead atoms. The van der Waals surface area contributed by atoms with Crippen LogP contribution in [0.25, 0.3) is 33.6 Å². The van der Waals surface area contributed by atoms with Crippen molar-refractivity contribution < 1.29 is 24.2 Å². The van der Waals surface area contributed by atoms with Gasteiger partial charge in [0, 0.05) is 36.6 Å². The van der Waals surface area contributed by atoms with E-state index in [1.165, 1.54) is 17.8 Å². The van der Waals surface area contributed by atoms with E-state index in [-0.39, 0.29) is 25.7 Å². The van der Waals surface area contributed by atoms with E-state index in [0.717, 1.165) is 16.8 Å². The zero-order chi connectivity index (χ0) is 25.4. The Morgan fingerprint density at radius 3 is 2.12 bits per heavy atom. The van der Waals surface area contributed by atoms with Gasteiger partial charge < -0.3 is 9.97 Å². The molecule has 0 aliphatic rings. The van der Waals surface area contributed by atoms with Crippen molar-refractivity contribution in [2.75, 3.05) is 0 Å². The molecule has 0 aliphatic carbocycles. The molecule has 2 aromatic heterocycles. The van der Waals surface area contributed by atoms with Crippen molar-refractivity contribution in [2.24, 2.45) is 0 Å². The Morgan fingerprint density at radius 2 is 1.47 bits per heavy atom. The second kappa shape index (κ2) is 12.4. The number of nitriles is 1. The van der Waals surface area contributed by atoms with Gasteiger partial charge in [-0.05, 0) is 40.5 Å². The molecule has 5 aromatic rings. The molecular weight excluding hydrogens is 595 g/mol. The van der Waals surface area contributed by atoms with Gasteiger partial charge >= 0.3 is 0 Å². The predicted molar refractivity (Wildman–Crippen MR) is 132 cm³/mol. The molecule has 0 amide bonds. The van der Waals surface area contributed by atoms with Gasteiger partial charge in [0.1, 0.15) is 0 Å². The fourth-order valence-electron chi connectivity index (χ4n) is 3.14. The smallest absolute Gasteiger partial charge is 0.0789 e. The van der Waals surface area contributed by atoms with E-state index < -0.39 is 6.85 Å². The summed E-state index contributed by atoms with van der Waals surface area (Å²) < 4.78 is 21.8. The van der Waals surface area contributed by atoms with Gasteiger partial charge in [-0.25, -0.2) is 0 Å². The SMILES string of the molecule is [2H]C([2H])([2H])c1ccc(-c2[c-]ccc(C#N)c2)nc1.[Ir].[c-]1ccccc1-c1ccc(-c2ccccc2)cn1. The van der Waals surface area contributed by atoms with Crippen LogP contribution in [0.15, 0.2) is 109 Å². The molecule has 0 N–H and O–H groups in total. The summed E-state index contributed by atoms with van der Waals surface area (Å²) in [5.41, 5.74) is 6.29. The zero-order valence-electron chi connectivity index (χ0n) is 21.1. The van der Waals surface area contributed by atoms with E-state index >= 15 is 0 Å². The Hall–Kier alpha value is -3.90. The summed E-state index contributed by atoms with van der Waals surface area (Å²) in [5, 5.41) is 8.80. The topological polar surface area (TPSA) is 49.6 Å². The fourth-order valence-corrected chi connectivity index (χ4v) is 3.14. The molecule has 0 saturated heterocycles. The van der Waals surface area contributed by atoms with E-state index in [1.54, 1.807) is 24.3 Å². The van der Waals surface area contributed by atoms with Crippen LogP contribution in [0.3, 0.4) is 0 Å². The first kappa shape index (κ1) is 20.7. The number of pyridine rings is 2. The van der Waals surface area contributed by atoms with Crippen LogP contribution >= 0.6 is 0 Å². The number of benzene rings is 3. The molecule has 0 saturated carbocycles. The second-order valence-electron chi connectivity index (χ2n) is 7.11. The van der Waals surface area contributed by atoms with Crippen molar-refractivity contribution in [2.45, 2.75) is 6.85 Å². The number of aryl methyl sites for hydroxylation is 1.